The lowest BCUT2D eigenvalue weighted by Gasteiger charge is -2.09. The van der Waals surface area contributed by atoms with Gasteiger partial charge in [0.1, 0.15) is 0 Å². The van der Waals surface area contributed by atoms with Crippen LogP contribution in [0.5, 0.6) is 0 Å². The minimum atomic E-state index is -0.0692. The van der Waals surface area contributed by atoms with Gasteiger partial charge in [0.05, 0.1) is 5.52 Å². The number of rotatable bonds is 3. The average Bonchev–Trinajstić information content (AvgIpc) is 2.55. The lowest BCUT2D eigenvalue weighted by atomic mass is 10.0. The van der Waals surface area contributed by atoms with Crippen LogP contribution in [-0.2, 0) is 6.54 Å². The van der Waals surface area contributed by atoms with Crippen molar-refractivity contribution in [3.05, 3.63) is 77.5 Å². The summed E-state index contributed by atoms with van der Waals surface area (Å²) in [4.78, 5) is 16.5. The second-order valence-electron chi connectivity index (χ2n) is 4.99. The fourth-order valence-corrected chi connectivity index (χ4v) is 2.38. The van der Waals surface area contributed by atoms with E-state index in [1.165, 1.54) is 5.56 Å². The SMILES string of the molecule is Cc1ccc(CNC(=O)c2ccccc2)c2ncccc12. The number of fused-ring (bicyclic) bond motifs is 1. The van der Waals surface area contributed by atoms with Gasteiger partial charge in [0, 0.05) is 23.7 Å². The first-order chi connectivity index (χ1) is 10.3. The Bertz CT molecular complexity index is 782. The predicted molar refractivity (Wildman–Crippen MR) is 84.1 cm³/mol. The van der Waals surface area contributed by atoms with Gasteiger partial charge >= 0.3 is 0 Å². The first kappa shape index (κ1) is 13.3. The predicted octanol–water partition coefficient (Wildman–Crippen LogP) is 3.47. The molecule has 3 nitrogen and oxygen atoms in total. The van der Waals surface area contributed by atoms with E-state index in [1.807, 2.05) is 30.3 Å². The molecule has 0 atom stereocenters. The summed E-state index contributed by atoms with van der Waals surface area (Å²) in [5, 5.41) is 4.08. The van der Waals surface area contributed by atoms with E-state index in [9.17, 15) is 4.79 Å². The van der Waals surface area contributed by atoms with Crippen molar-refractivity contribution in [3.8, 4) is 0 Å². The third kappa shape index (κ3) is 2.77. The molecule has 2 aromatic carbocycles. The van der Waals surface area contributed by atoms with E-state index in [0.717, 1.165) is 16.5 Å². The lowest BCUT2D eigenvalue weighted by molar-refractivity contribution is 0.0951. The number of carbonyl (C=O) groups excluding carboxylic acids is 1. The van der Waals surface area contributed by atoms with Gasteiger partial charge in [-0.2, -0.15) is 0 Å². The van der Waals surface area contributed by atoms with Crippen molar-refractivity contribution in [3.63, 3.8) is 0 Å². The number of amides is 1. The van der Waals surface area contributed by atoms with Crippen LogP contribution >= 0.6 is 0 Å². The Hall–Kier alpha value is -2.68. The van der Waals surface area contributed by atoms with Crippen LogP contribution in [0.3, 0.4) is 0 Å². The van der Waals surface area contributed by atoms with Gasteiger partial charge in [-0.15, -0.1) is 0 Å². The standard InChI is InChI=1S/C18H16N2O/c1-13-9-10-15(17-16(13)8-5-11-19-17)12-20-18(21)14-6-3-2-4-7-14/h2-11H,12H2,1H3,(H,20,21). The largest absolute Gasteiger partial charge is 0.348 e. The highest BCUT2D eigenvalue weighted by atomic mass is 16.1. The van der Waals surface area contributed by atoms with Gasteiger partial charge in [-0.1, -0.05) is 36.4 Å². The minimum absolute atomic E-state index is 0.0692. The van der Waals surface area contributed by atoms with E-state index >= 15 is 0 Å². The van der Waals surface area contributed by atoms with E-state index in [1.54, 1.807) is 18.3 Å². The number of aromatic nitrogens is 1. The fourth-order valence-electron chi connectivity index (χ4n) is 2.38. The molecule has 1 amide bonds. The number of hydrogen-bond donors (Lipinski definition) is 1. The Kier molecular flexibility index (Phi) is 3.65. The molecule has 0 saturated heterocycles. The Morgan fingerprint density at radius 1 is 1.05 bits per heavy atom. The molecule has 0 spiro atoms. The molecule has 0 radical (unpaired) electrons. The molecule has 3 heteroatoms. The van der Waals surface area contributed by atoms with E-state index in [4.69, 9.17) is 0 Å². The van der Waals surface area contributed by atoms with Crippen molar-refractivity contribution in [1.29, 1.82) is 0 Å². The highest BCUT2D eigenvalue weighted by molar-refractivity contribution is 5.94. The maximum Gasteiger partial charge on any atom is 0.251 e. The second kappa shape index (κ2) is 5.75. The van der Waals surface area contributed by atoms with Crippen molar-refractivity contribution in [2.24, 2.45) is 0 Å². The molecule has 0 saturated carbocycles. The number of benzene rings is 2. The molecule has 1 N–H and O–H groups in total. The Morgan fingerprint density at radius 2 is 1.86 bits per heavy atom. The van der Waals surface area contributed by atoms with Crippen LogP contribution in [0.1, 0.15) is 21.5 Å². The molecule has 1 aromatic heterocycles. The van der Waals surface area contributed by atoms with Crippen molar-refractivity contribution in [2.45, 2.75) is 13.5 Å². The zero-order valence-corrected chi connectivity index (χ0v) is 11.8. The average molecular weight is 276 g/mol. The summed E-state index contributed by atoms with van der Waals surface area (Å²) < 4.78 is 0. The number of carbonyl (C=O) groups is 1. The van der Waals surface area contributed by atoms with Crippen LogP contribution in [0.25, 0.3) is 10.9 Å². The van der Waals surface area contributed by atoms with Gasteiger partial charge in [-0.25, -0.2) is 0 Å². The minimum Gasteiger partial charge on any atom is -0.348 e. The molecule has 1 heterocycles. The number of hydrogen-bond acceptors (Lipinski definition) is 2. The van der Waals surface area contributed by atoms with Crippen LogP contribution < -0.4 is 5.32 Å². The molecule has 0 aliphatic rings. The van der Waals surface area contributed by atoms with Gasteiger partial charge in [-0.3, -0.25) is 9.78 Å². The van der Waals surface area contributed by atoms with E-state index in [-0.39, 0.29) is 5.91 Å². The fraction of sp³-hybridized carbons (Fsp3) is 0.111. The molecule has 3 rings (SSSR count). The second-order valence-corrected chi connectivity index (χ2v) is 4.99. The molecule has 0 aliphatic heterocycles. The molecule has 0 fully saturated rings. The summed E-state index contributed by atoms with van der Waals surface area (Å²) in [6.07, 6.45) is 1.78. The molecule has 104 valence electrons. The number of pyridine rings is 1. The zero-order valence-electron chi connectivity index (χ0n) is 11.8. The quantitative estimate of drug-likeness (QED) is 0.796. The highest BCUT2D eigenvalue weighted by Gasteiger charge is 2.07. The molecule has 0 unspecified atom stereocenters. The smallest absolute Gasteiger partial charge is 0.251 e. The van der Waals surface area contributed by atoms with Crippen LogP contribution in [-0.4, -0.2) is 10.9 Å². The third-order valence-electron chi connectivity index (χ3n) is 3.55. The third-order valence-corrected chi connectivity index (χ3v) is 3.55. The Morgan fingerprint density at radius 3 is 2.67 bits per heavy atom. The maximum absolute atomic E-state index is 12.1. The van der Waals surface area contributed by atoms with Gasteiger partial charge in [0.2, 0.25) is 0 Å². The number of aryl methyl sites for hydroxylation is 1. The molecule has 21 heavy (non-hydrogen) atoms. The van der Waals surface area contributed by atoms with Crippen LogP contribution in [0.15, 0.2) is 60.8 Å². The first-order valence-corrected chi connectivity index (χ1v) is 6.92. The van der Waals surface area contributed by atoms with E-state index < -0.39 is 0 Å². The number of nitrogens with zero attached hydrogens (tertiary/aromatic N) is 1. The van der Waals surface area contributed by atoms with Gasteiger partial charge in [0.15, 0.2) is 0 Å². The normalized spacial score (nSPS) is 10.5. The summed E-state index contributed by atoms with van der Waals surface area (Å²) in [5.74, 6) is -0.0692. The summed E-state index contributed by atoms with van der Waals surface area (Å²) in [5.41, 5.74) is 3.84. The van der Waals surface area contributed by atoms with E-state index in [2.05, 4.69) is 29.4 Å². The van der Waals surface area contributed by atoms with E-state index in [0.29, 0.717) is 12.1 Å². The first-order valence-electron chi connectivity index (χ1n) is 6.92. The molecule has 0 aliphatic carbocycles. The maximum atomic E-state index is 12.1. The van der Waals surface area contributed by atoms with Crippen molar-refractivity contribution in [1.82, 2.24) is 10.3 Å². The van der Waals surface area contributed by atoms with Gasteiger partial charge in [0.25, 0.3) is 5.91 Å². The molecular formula is C18H16N2O. The van der Waals surface area contributed by atoms with Gasteiger partial charge < -0.3 is 5.32 Å². The van der Waals surface area contributed by atoms with Crippen molar-refractivity contribution < 1.29 is 4.79 Å². The van der Waals surface area contributed by atoms with Crippen LogP contribution in [0.4, 0.5) is 0 Å². The molecule has 0 bridgehead atoms. The van der Waals surface area contributed by atoms with Crippen LogP contribution in [0, 0.1) is 6.92 Å². The zero-order chi connectivity index (χ0) is 14.7. The summed E-state index contributed by atoms with van der Waals surface area (Å²) in [7, 11) is 0. The monoisotopic (exact) mass is 276 g/mol. The highest BCUT2D eigenvalue weighted by Crippen LogP contribution is 2.20. The summed E-state index contributed by atoms with van der Waals surface area (Å²) >= 11 is 0. The van der Waals surface area contributed by atoms with Crippen LogP contribution in [0.2, 0.25) is 0 Å². The topological polar surface area (TPSA) is 42.0 Å². The van der Waals surface area contributed by atoms with Gasteiger partial charge in [-0.05, 0) is 36.2 Å². The van der Waals surface area contributed by atoms with Crippen molar-refractivity contribution in [2.75, 3.05) is 0 Å². The van der Waals surface area contributed by atoms with Crippen molar-refractivity contribution >= 4 is 16.8 Å². The molecule has 3 aromatic rings. The summed E-state index contributed by atoms with van der Waals surface area (Å²) in [6, 6.07) is 17.3. The Balaban J connectivity index is 1.83. The lowest BCUT2D eigenvalue weighted by Crippen LogP contribution is -2.22. The summed E-state index contributed by atoms with van der Waals surface area (Å²) in [6.45, 7) is 2.54. The Labute approximate surface area is 123 Å². The number of nitrogens with one attached hydrogen (secondary N) is 1. The molecular weight excluding hydrogens is 260 g/mol.